The molecule has 0 bridgehead atoms. The quantitative estimate of drug-likeness (QED) is 0.0317. The number of hydrogen-bond donors (Lipinski definition) is 15. The Morgan fingerprint density at radius 2 is 1.26 bits per heavy atom. The summed E-state index contributed by atoms with van der Waals surface area (Å²) in [6.45, 7) is 14.1. The number of H-pyrrole nitrogens is 1. The van der Waals surface area contributed by atoms with Crippen LogP contribution in [0.1, 0.15) is 150 Å². The minimum absolute atomic E-state index is 0. The van der Waals surface area contributed by atoms with Crippen LogP contribution in [0.2, 0.25) is 0 Å². The van der Waals surface area contributed by atoms with Gasteiger partial charge in [-0.2, -0.15) is 0 Å². The number of nitrogens with one attached hydrogen (secondary N) is 12. The second-order valence-corrected chi connectivity index (χ2v) is 27.1. The van der Waals surface area contributed by atoms with Gasteiger partial charge in [0.15, 0.2) is 0 Å². The number of hydrogen-bond acceptors (Lipinski definition) is 21. The maximum absolute atomic E-state index is 14.9. The average Bonchev–Trinajstić information content (AvgIpc) is 1.78. The Labute approximate surface area is 605 Å². The van der Waals surface area contributed by atoms with Gasteiger partial charge in [0.1, 0.15) is 65.7 Å². The fourth-order valence-corrected chi connectivity index (χ4v) is 12.0. The van der Waals surface area contributed by atoms with Gasteiger partial charge in [-0.05, 0) is 87.1 Å². The van der Waals surface area contributed by atoms with Gasteiger partial charge in [0.25, 0.3) is 0 Å². The van der Waals surface area contributed by atoms with E-state index in [4.69, 9.17) is 17.2 Å². The van der Waals surface area contributed by atoms with Crippen LogP contribution in [0.15, 0.2) is 47.8 Å². The number of aliphatic imine (C=N–C) groups is 1. The number of carbonyl (C=O) groups excluding carboxylic acids is 14. The fraction of sp³-hybridized carbons (Fsp3) is 0.636. The van der Waals surface area contributed by atoms with Crippen molar-refractivity contribution in [1.82, 2.24) is 68.5 Å². The van der Waals surface area contributed by atoms with E-state index in [-0.39, 0.29) is 121 Å². The molecule has 2 aliphatic heterocycles. The minimum atomic E-state index is -2.01. The summed E-state index contributed by atoms with van der Waals surface area (Å²) >= 11 is 1.19. The van der Waals surface area contributed by atoms with Crippen molar-refractivity contribution in [3.8, 4) is 0 Å². The van der Waals surface area contributed by atoms with E-state index in [9.17, 15) is 77.3 Å². The second-order valence-electron chi connectivity index (χ2n) is 25.9. The second kappa shape index (κ2) is 44.1. The number of aliphatic carboxylic acids is 2. The Bertz CT molecular complexity index is 3170. The number of nitrogens with zero attached hydrogens (tertiary/aromatic N) is 2. The third-order valence-electron chi connectivity index (χ3n) is 17.5. The molecule has 0 radical (unpaired) electrons. The van der Waals surface area contributed by atoms with Gasteiger partial charge in [0.2, 0.25) is 70.9 Å². The molecule has 0 aliphatic carbocycles. The Balaban J connectivity index is 0.0000265. The number of carboxylic acid groups (broad SMARTS) is 2. The van der Waals surface area contributed by atoms with E-state index in [0.29, 0.717) is 10.6 Å². The maximum Gasteiger partial charge on any atom is 2.00 e. The van der Waals surface area contributed by atoms with Crippen molar-refractivity contribution >= 4 is 99.6 Å². The van der Waals surface area contributed by atoms with Gasteiger partial charge in [-0.15, -0.1) is 0 Å². The minimum Gasteiger partial charge on any atom is -0.550 e. The number of thioether (sulfide) groups is 1. The molecule has 7 unspecified atom stereocenters. The summed E-state index contributed by atoms with van der Waals surface area (Å²) in [7, 11) is 0. The Morgan fingerprint density at radius 3 is 1.84 bits per heavy atom. The molecule has 1 aromatic heterocycles. The van der Waals surface area contributed by atoms with Gasteiger partial charge in [-0.25, -0.2) is 4.98 Å². The number of carbonyl (C=O) groups is 14. The molecule has 101 heavy (non-hydrogen) atoms. The van der Waals surface area contributed by atoms with E-state index >= 15 is 0 Å². The van der Waals surface area contributed by atoms with E-state index in [0.717, 1.165) is 6.42 Å². The largest absolute Gasteiger partial charge is 2.00 e. The topological polar surface area (TPSA) is 537 Å². The number of aromatic nitrogens is 2. The SMILES string of the molecule is CCC(C)C(N)C1=NCC(C(=O)N[C@@H](CC(C)C)C(=O)N[C@H](CCC(=O)[O-])C(=O)N[C@H](C(=O)N[C@H]2CCCCNC(=O)C(CC(N)=O)NC(=O)[C@@H](CC(=O)[O-])NC(=O)[C@H](Cc3cnc[nH]3)NC(=O)C(Cc3ccccc3)NC(=O)[C@H]([C@@H](C)CC)NC(=O)C(CCCN)NC2=O)C(C)CC)S1.[Zn+2]. The Morgan fingerprint density at radius 1 is 0.663 bits per heavy atom. The molecule has 15 atom stereocenters. The number of benzene rings is 1. The third-order valence-corrected chi connectivity index (χ3v) is 18.7. The standard InChI is InChI=1S/C66H103N17O16S.Zn/c1-9-35(6)52(69)66-72-32-48(100-66)63(97)80-43(26-34(4)5)59(93)75-42(22-23-50(85)86)58(92)83-53(36(7)10-2)64(98)76-40-20-15-16-25-71-55(89)46(29-49(68)84)78-62(96)47(30-51(87)88)79-61(95)45(28-39-31-70-33-73-39)77-60(94)44(27-38-18-13-12-14-19-38)81-65(99)54(37(8)11-3)82-57(91)41(21-17-24-67)74-56(40)90;/h12-14,18-19,31,33-37,40-48,52-54H,9-11,15-17,20-30,32,67,69H2,1-8H3,(H2,68,84)(H,70,73)(H,71,89)(H,74,90)(H,75,93)(H,76,98)(H,77,94)(H,78,96)(H,79,95)(H,80,97)(H,81,99)(H,82,91)(H,83,92)(H,85,86)(H,87,88);/q;+2/p-2/t35?,36?,37-,40-,41?,42+,43-,44?,45-,46?,47+,48?,52?,53-,54-;/m0./s1. The molecular formula is C66H101N17O16SZn. The summed E-state index contributed by atoms with van der Waals surface area (Å²) in [6.07, 6.45) is -0.0657. The summed E-state index contributed by atoms with van der Waals surface area (Å²) in [5, 5.41) is 52.5. The number of imidazole rings is 1. The maximum atomic E-state index is 14.9. The predicted octanol–water partition coefficient (Wildman–Crippen LogP) is -4.35. The van der Waals surface area contributed by atoms with Gasteiger partial charge in [0, 0.05) is 49.6 Å². The number of amides is 12. The van der Waals surface area contributed by atoms with Crippen LogP contribution < -0.4 is 85.9 Å². The van der Waals surface area contributed by atoms with Crippen LogP contribution in [0.3, 0.4) is 0 Å². The van der Waals surface area contributed by atoms with Crippen LogP contribution in [-0.2, 0) is 99.4 Å². The number of rotatable bonds is 31. The smallest absolute Gasteiger partial charge is 0.550 e. The molecule has 12 amide bonds. The molecule has 4 rings (SSSR count). The molecular weight excluding hydrogens is 1380 g/mol. The number of carboxylic acids is 2. The molecule has 0 saturated carbocycles. The average molecular weight is 1490 g/mol. The van der Waals surface area contributed by atoms with Gasteiger partial charge in [-0.3, -0.25) is 62.5 Å². The van der Waals surface area contributed by atoms with Crippen molar-refractivity contribution in [2.75, 3.05) is 19.6 Å². The first-order valence-corrected chi connectivity index (χ1v) is 34.9. The molecule has 18 N–H and O–H groups in total. The fourth-order valence-electron chi connectivity index (χ4n) is 10.8. The number of nitrogens with two attached hydrogens (primary N) is 3. The summed E-state index contributed by atoms with van der Waals surface area (Å²) in [5.41, 5.74) is 18.7. The molecule has 1 saturated heterocycles. The molecule has 1 aromatic carbocycles. The number of primary amides is 1. The van der Waals surface area contributed by atoms with Crippen molar-refractivity contribution in [2.24, 2.45) is 45.9 Å². The molecule has 2 aliphatic rings. The zero-order valence-electron chi connectivity index (χ0n) is 58.8. The van der Waals surface area contributed by atoms with E-state index in [2.05, 4.69) is 73.4 Å². The monoisotopic (exact) mass is 1480 g/mol. The Hall–Kier alpha value is -8.43. The summed E-state index contributed by atoms with van der Waals surface area (Å²) in [5.74, 6) is -16.4. The number of aromatic amines is 1. The normalized spacial score (nSPS) is 22.9. The van der Waals surface area contributed by atoms with Crippen molar-refractivity contribution in [3.05, 3.63) is 54.1 Å². The van der Waals surface area contributed by atoms with Crippen LogP contribution in [-0.4, -0.2) is 189 Å². The zero-order chi connectivity index (χ0) is 74.3. The molecule has 35 heteroatoms. The van der Waals surface area contributed by atoms with Crippen molar-refractivity contribution in [1.29, 1.82) is 0 Å². The van der Waals surface area contributed by atoms with Crippen LogP contribution in [0, 0.1) is 23.7 Å². The van der Waals surface area contributed by atoms with Crippen LogP contribution >= 0.6 is 11.8 Å². The molecule has 33 nitrogen and oxygen atoms in total. The van der Waals surface area contributed by atoms with Crippen molar-refractivity contribution < 1.29 is 96.8 Å². The molecule has 3 heterocycles. The van der Waals surface area contributed by atoms with Crippen LogP contribution in [0.4, 0.5) is 0 Å². The Kier molecular flexibility index (Phi) is 37.9. The predicted molar refractivity (Wildman–Crippen MR) is 364 cm³/mol. The van der Waals surface area contributed by atoms with E-state index in [1.54, 1.807) is 71.9 Å². The first-order valence-electron chi connectivity index (χ1n) is 34.1. The van der Waals surface area contributed by atoms with Gasteiger partial charge in [0.05, 0.1) is 30.4 Å². The third kappa shape index (κ3) is 29.2. The molecule has 2 aromatic rings. The van der Waals surface area contributed by atoms with E-state index in [1.165, 1.54) is 24.3 Å². The molecule has 554 valence electrons. The first kappa shape index (κ1) is 86.8. The summed E-state index contributed by atoms with van der Waals surface area (Å²) < 4.78 is 0. The van der Waals surface area contributed by atoms with E-state index < -0.39 is 192 Å². The van der Waals surface area contributed by atoms with Gasteiger partial charge in [-0.1, -0.05) is 117 Å². The van der Waals surface area contributed by atoms with Gasteiger partial charge < -0.3 is 100 Å². The van der Waals surface area contributed by atoms with E-state index in [1.807, 2.05) is 13.8 Å². The zero-order valence-corrected chi connectivity index (χ0v) is 62.6. The summed E-state index contributed by atoms with van der Waals surface area (Å²) in [6, 6.07) is -7.73. The summed E-state index contributed by atoms with van der Waals surface area (Å²) in [4.78, 5) is 206. The van der Waals surface area contributed by atoms with Crippen LogP contribution in [0.25, 0.3) is 0 Å². The molecule has 1 fully saturated rings. The molecule has 0 spiro atoms. The first-order chi connectivity index (χ1) is 47.4. The van der Waals surface area contributed by atoms with Crippen molar-refractivity contribution in [2.45, 2.75) is 223 Å². The van der Waals surface area contributed by atoms with Crippen molar-refractivity contribution in [3.63, 3.8) is 0 Å². The van der Waals surface area contributed by atoms with Crippen LogP contribution in [0.5, 0.6) is 0 Å². The van der Waals surface area contributed by atoms with Gasteiger partial charge >= 0.3 is 19.5 Å².